The SMILES string of the molecule is O=Cc1ccc([N+](=O)[O-])c(C(=O)O)c1OC(F)F. The van der Waals surface area contributed by atoms with Crippen LogP contribution in [0.4, 0.5) is 14.5 Å². The fraction of sp³-hybridized carbons (Fsp3) is 0.111. The molecule has 0 fully saturated rings. The van der Waals surface area contributed by atoms with Gasteiger partial charge in [0.2, 0.25) is 0 Å². The van der Waals surface area contributed by atoms with Gasteiger partial charge in [0.25, 0.3) is 5.69 Å². The molecular weight excluding hydrogens is 256 g/mol. The number of nitro groups is 1. The summed E-state index contributed by atoms with van der Waals surface area (Å²) in [5.74, 6) is -2.87. The molecule has 0 aliphatic carbocycles. The van der Waals surface area contributed by atoms with Crippen LogP contribution >= 0.6 is 0 Å². The quantitative estimate of drug-likeness (QED) is 0.491. The topological polar surface area (TPSA) is 107 Å². The Balaban J connectivity index is 3.58. The molecule has 0 amide bonds. The Morgan fingerprint density at radius 3 is 2.50 bits per heavy atom. The van der Waals surface area contributed by atoms with Crippen LogP contribution < -0.4 is 4.74 Å². The third-order valence-electron chi connectivity index (χ3n) is 1.91. The van der Waals surface area contributed by atoms with Crippen molar-refractivity contribution in [3.05, 3.63) is 33.4 Å². The van der Waals surface area contributed by atoms with Crippen LogP contribution in [0.2, 0.25) is 0 Å². The van der Waals surface area contributed by atoms with E-state index in [-0.39, 0.29) is 6.29 Å². The second-order valence-electron chi connectivity index (χ2n) is 2.94. The summed E-state index contributed by atoms with van der Waals surface area (Å²) < 4.78 is 28.1. The lowest BCUT2D eigenvalue weighted by Gasteiger charge is -2.10. The lowest BCUT2D eigenvalue weighted by Crippen LogP contribution is -2.12. The molecule has 1 rings (SSSR count). The molecule has 96 valence electrons. The average molecular weight is 261 g/mol. The van der Waals surface area contributed by atoms with Gasteiger partial charge in [-0.15, -0.1) is 0 Å². The molecule has 0 aliphatic rings. The van der Waals surface area contributed by atoms with Gasteiger partial charge in [0, 0.05) is 6.07 Å². The van der Waals surface area contributed by atoms with Gasteiger partial charge in [0.05, 0.1) is 10.5 Å². The minimum absolute atomic E-state index is 0.0634. The van der Waals surface area contributed by atoms with Crippen LogP contribution in [0, 0.1) is 10.1 Å². The van der Waals surface area contributed by atoms with Crippen LogP contribution in [0.15, 0.2) is 12.1 Å². The molecular formula is C9H5F2NO6. The van der Waals surface area contributed by atoms with Gasteiger partial charge < -0.3 is 9.84 Å². The first-order valence-corrected chi connectivity index (χ1v) is 4.33. The van der Waals surface area contributed by atoms with Crippen LogP contribution in [0.5, 0.6) is 5.75 Å². The molecule has 0 heterocycles. The van der Waals surface area contributed by atoms with E-state index in [9.17, 15) is 28.5 Å². The number of ether oxygens (including phenoxy) is 1. The Morgan fingerprint density at radius 1 is 1.50 bits per heavy atom. The average Bonchev–Trinajstić information content (AvgIpc) is 2.26. The first-order chi connectivity index (χ1) is 8.38. The number of alkyl halides is 2. The normalized spacial score (nSPS) is 10.2. The number of aromatic carboxylic acids is 1. The Bertz CT molecular complexity index is 516. The van der Waals surface area contributed by atoms with E-state index in [1.807, 2.05) is 0 Å². The number of carbonyl (C=O) groups is 2. The molecule has 0 bridgehead atoms. The highest BCUT2D eigenvalue weighted by Crippen LogP contribution is 2.32. The van der Waals surface area contributed by atoms with Crippen LogP contribution in [0.3, 0.4) is 0 Å². The first kappa shape index (κ1) is 13.5. The summed E-state index contributed by atoms with van der Waals surface area (Å²) in [6.45, 7) is -3.41. The highest BCUT2D eigenvalue weighted by atomic mass is 19.3. The van der Waals surface area contributed by atoms with E-state index in [0.29, 0.717) is 0 Å². The molecule has 0 spiro atoms. The molecule has 1 aromatic rings. The number of rotatable bonds is 5. The summed E-state index contributed by atoms with van der Waals surface area (Å²) >= 11 is 0. The second kappa shape index (κ2) is 5.17. The van der Waals surface area contributed by atoms with Crippen molar-refractivity contribution in [3.8, 4) is 5.75 Å². The number of hydrogen-bond acceptors (Lipinski definition) is 5. The van der Waals surface area contributed by atoms with Crippen LogP contribution in [-0.4, -0.2) is 28.9 Å². The highest BCUT2D eigenvalue weighted by molar-refractivity contribution is 5.99. The van der Waals surface area contributed by atoms with Gasteiger partial charge in [-0.2, -0.15) is 8.78 Å². The van der Waals surface area contributed by atoms with Crippen molar-refractivity contribution in [3.63, 3.8) is 0 Å². The smallest absolute Gasteiger partial charge is 0.387 e. The second-order valence-corrected chi connectivity index (χ2v) is 2.94. The summed E-state index contributed by atoms with van der Waals surface area (Å²) in [5.41, 5.74) is -2.55. The Hall–Kier alpha value is -2.58. The predicted molar refractivity (Wildman–Crippen MR) is 52.1 cm³/mol. The van der Waals surface area contributed by atoms with Crippen LogP contribution in [0.25, 0.3) is 0 Å². The van der Waals surface area contributed by atoms with Gasteiger partial charge >= 0.3 is 12.6 Å². The first-order valence-electron chi connectivity index (χ1n) is 4.33. The summed E-state index contributed by atoms with van der Waals surface area (Å²) in [7, 11) is 0. The molecule has 0 aromatic heterocycles. The molecule has 0 aliphatic heterocycles. The van der Waals surface area contributed by atoms with Gasteiger partial charge in [0.15, 0.2) is 17.6 Å². The zero-order valence-electron chi connectivity index (χ0n) is 8.50. The van der Waals surface area contributed by atoms with E-state index < -0.39 is 40.1 Å². The number of hydrogen-bond donors (Lipinski definition) is 1. The highest BCUT2D eigenvalue weighted by Gasteiger charge is 2.29. The van der Waals surface area contributed by atoms with Gasteiger partial charge in [0.1, 0.15) is 0 Å². The van der Waals surface area contributed by atoms with Crippen molar-refractivity contribution in [2.45, 2.75) is 6.61 Å². The minimum Gasteiger partial charge on any atom is -0.477 e. The molecule has 0 saturated carbocycles. The summed E-state index contributed by atoms with van der Waals surface area (Å²) in [6.07, 6.45) is 0.0634. The summed E-state index contributed by atoms with van der Waals surface area (Å²) in [5, 5.41) is 19.4. The van der Waals surface area contributed by atoms with E-state index in [4.69, 9.17) is 5.11 Å². The van der Waals surface area contributed by atoms with E-state index in [1.54, 1.807) is 0 Å². The minimum atomic E-state index is -3.41. The third-order valence-corrected chi connectivity index (χ3v) is 1.91. The van der Waals surface area contributed by atoms with E-state index in [1.165, 1.54) is 0 Å². The number of carboxylic acids is 1. The lowest BCUT2D eigenvalue weighted by atomic mass is 10.1. The molecule has 18 heavy (non-hydrogen) atoms. The fourth-order valence-corrected chi connectivity index (χ4v) is 1.26. The number of carboxylic acid groups (broad SMARTS) is 1. The number of nitro benzene ring substituents is 1. The number of nitrogens with zero attached hydrogens (tertiary/aromatic N) is 1. The molecule has 1 N–H and O–H groups in total. The van der Waals surface area contributed by atoms with Crippen molar-refractivity contribution in [1.82, 2.24) is 0 Å². The number of benzene rings is 1. The van der Waals surface area contributed by atoms with E-state index in [2.05, 4.69) is 4.74 Å². The zero-order chi connectivity index (χ0) is 13.9. The predicted octanol–water partition coefficient (Wildman–Crippen LogP) is 1.71. The maximum atomic E-state index is 12.1. The molecule has 9 heteroatoms. The van der Waals surface area contributed by atoms with Gasteiger partial charge in [-0.3, -0.25) is 14.9 Å². The van der Waals surface area contributed by atoms with Crippen molar-refractivity contribution in [2.24, 2.45) is 0 Å². The maximum absolute atomic E-state index is 12.1. The van der Waals surface area contributed by atoms with E-state index >= 15 is 0 Å². The Kier molecular flexibility index (Phi) is 3.87. The maximum Gasteiger partial charge on any atom is 0.387 e. The monoisotopic (exact) mass is 261 g/mol. The Labute approximate surface area is 97.7 Å². The van der Waals surface area contributed by atoms with Gasteiger partial charge in [-0.25, -0.2) is 4.79 Å². The molecule has 0 saturated heterocycles. The lowest BCUT2D eigenvalue weighted by molar-refractivity contribution is -0.385. The summed E-state index contributed by atoms with van der Waals surface area (Å²) in [6, 6.07) is 1.56. The molecule has 7 nitrogen and oxygen atoms in total. The van der Waals surface area contributed by atoms with Crippen LogP contribution in [-0.2, 0) is 0 Å². The van der Waals surface area contributed by atoms with Gasteiger partial charge in [-0.05, 0) is 6.07 Å². The van der Waals surface area contributed by atoms with E-state index in [0.717, 1.165) is 12.1 Å². The number of halogens is 2. The van der Waals surface area contributed by atoms with Crippen molar-refractivity contribution >= 4 is 17.9 Å². The largest absolute Gasteiger partial charge is 0.477 e. The summed E-state index contributed by atoms with van der Waals surface area (Å²) in [4.78, 5) is 30.9. The fourth-order valence-electron chi connectivity index (χ4n) is 1.26. The van der Waals surface area contributed by atoms with Crippen LogP contribution in [0.1, 0.15) is 20.7 Å². The van der Waals surface area contributed by atoms with Crippen molar-refractivity contribution < 1.29 is 33.1 Å². The van der Waals surface area contributed by atoms with Gasteiger partial charge in [-0.1, -0.05) is 0 Å². The molecule has 0 unspecified atom stereocenters. The number of aldehydes is 1. The molecule has 0 atom stereocenters. The standard InChI is InChI=1S/C9H5F2NO6/c10-9(11)18-7-4(3-13)1-2-5(12(16)17)6(7)8(14)15/h1-3,9H,(H,14,15). The Morgan fingerprint density at radius 2 is 2.11 bits per heavy atom. The van der Waals surface area contributed by atoms with Crippen molar-refractivity contribution in [2.75, 3.05) is 0 Å². The van der Waals surface area contributed by atoms with Crippen molar-refractivity contribution in [1.29, 1.82) is 0 Å². The third kappa shape index (κ3) is 2.56. The number of carbonyl (C=O) groups excluding carboxylic acids is 1. The molecule has 1 aromatic carbocycles. The molecule has 0 radical (unpaired) electrons. The zero-order valence-corrected chi connectivity index (χ0v) is 8.50.